The van der Waals surface area contributed by atoms with Crippen molar-refractivity contribution in [2.75, 3.05) is 26.4 Å². The lowest BCUT2D eigenvalue weighted by Crippen LogP contribution is -2.29. The lowest BCUT2D eigenvalue weighted by molar-refractivity contribution is -0.161. The molecule has 2 atom stereocenters. The summed E-state index contributed by atoms with van der Waals surface area (Å²) in [6, 6.07) is 0. The van der Waals surface area contributed by atoms with E-state index in [1.54, 1.807) is 0 Å². The summed E-state index contributed by atoms with van der Waals surface area (Å²) in [6.45, 7) is 3.50. The van der Waals surface area contributed by atoms with E-state index in [-0.39, 0.29) is 38.6 Å². The summed E-state index contributed by atoms with van der Waals surface area (Å²) in [7, 11) is -4.41. The van der Waals surface area contributed by atoms with Crippen molar-refractivity contribution < 1.29 is 37.6 Å². The van der Waals surface area contributed by atoms with Gasteiger partial charge in [0.05, 0.1) is 13.2 Å². The van der Waals surface area contributed by atoms with Crippen molar-refractivity contribution in [3.05, 3.63) is 158 Å². The van der Waals surface area contributed by atoms with Crippen molar-refractivity contribution in [1.29, 1.82) is 0 Å². The number of rotatable bonds is 60. The van der Waals surface area contributed by atoms with Gasteiger partial charge in [0.25, 0.3) is 0 Å². The standard InChI is InChI=1S/C73H120NO8P/c1-3-5-7-9-11-13-15-17-19-21-23-25-27-29-31-32-33-34-35-36-37-38-40-42-44-46-48-50-52-54-56-58-60-62-64-66-73(76)82-71(70-81-83(77,78)80-68-67-74)69-79-72(75)65-63-61-59-57-55-53-51-49-47-45-43-41-39-30-28-26-24-22-20-18-16-14-12-10-8-6-4-2/h5-8,11-14,17-20,23-26,29,31,33-34,36-37,40,42,46,48,71H,3-4,9-10,15-16,21-22,27-28,30,32,35,38-39,41,43-45,47,49-70,74H2,1-2H3,(H,77,78)/b7-5-,8-6-,13-11-,14-12-,19-17-,20-18-,25-23-,26-24-,31-29-,34-33-,37-36-,42-40-,48-46-. The molecule has 0 aliphatic carbocycles. The number of carbonyl (C=O) groups is 2. The number of carbonyl (C=O) groups excluding carboxylic acids is 2. The Bertz CT molecular complexity index is 1920. The molecule has 83 heavy (non-hydrogen) atoms. The first-order valence-electron chi connectivity index (χ1n) is 33.0. The van der Waals surface area contributed by atoms with Crippen LogP contribution >= 0.6 is 7.82 Å². The summed E-state index contributed by atoms with van der Waals surface area (Å²) in [6.07, 6.45) is 97.4. The number of esters is 2. The van der Waals surface area contributed by atoms with E-state index in [9.17, 15) is 19.0 Å². The van der Waals surface area contributed by atoms with Crippen molar-refractivity contribution in [1.82, 2.24) is 0 Å². The van der Waals surface area contributed by atoms with Gasteiger partial charge < -0.3 is 20.1 Å². The van der Waals surface area contributed by atoms with E-state index in [4.69, 9.17) is 24.3 Å². The van der Waals surface area contributed by atoms with Gasteiger partial charge in [-0.25, -0.2) is 4.57 Å². The van der Waals surface area contributed by atoms with Crippen LogP contribution in [0.4, 0.5) is 0 Å². The van der Waals surface area contributed by atoms with Gasteiger partial charge in [-0.3, -0.25) is 18.6 Å². The number of phosphoric acid groups is 1. The van der Waals surface area contributed by atoms with Crippen LogP contribution in [0, 0.1) is 0 Å². The monoisotopic (exact) mass is 1170 g/mol. The maximum atomic E-state index is 12.8. The van der Waals surface area contributed by atoms with Crippen molar-refractivity contribution in [2.45, 2.75) is 264 Å². The van der Waals surface area contributed by atoms with E-state index in [1.807, 2.05) is 0 Å². The minimum Gasteiger partial charge on any atom is -0.462 e. The van der Waals surface area contributed by atoms with Gasteiger partial charge in [-0.1, -0.05) is 281 Å². The summed E-state index contributed by atoms with van der Waals surface area (Å²) >= 11 is 0. The number of ether oxygens (including phenoxy) is 2. The maximum Gasteiger partial charge on any atom is 0.472 e. The van der Waals surface area contributed by atoms with Crippen LogP contribution in [0.3, 0.4) is 0 Å². The first-order chi connectivity index (χ1) is 40.8. The zero-order valence-electron chi connectivity index (χ0n) is 52.6. The molecular formula is C73H120NO8P. The quantitative estimate of drug-likeness (QED) is 0.0264. The highest BCUT2D eigenvalue weighted by Crippen LogP contribution is 2.43. The van der Waals surface area contributed by atoms with Gasteiger partial charge in [0.2, 0.25) is 0 Å². The number of phosphoric ester groups is 1. The summed E-state index contributed by atoms with van der Waals surface area (Å²) in [5, 5.41) is 0. The second-order valence-electron chi connectivity index (χ2n) is 21.2. The fourth-order valence-corrected chi connectivity index (χ4v) is 9.39. The Kier molecular flexibility index (Phi) is 63.3. The van der Waals surface area contributed by atoms with E-state index in [0.717, 1.165) is 135 Å². The molecule has 2 unspecified atom stereocenters. The minimum atomic E-state index is -4.41. The maximum absolute atomic E-state index is 12.8. The molecule has 0 saturated carbocycles. The molecule has 470 valence electrons. The molecule has 0 aromatic heterocycles. The summed E-state index contributed by atoms with van der Waals surface area (Å²) in [4.78, 5) is 35.3. The van der Waals surface area contributed by atoms with Crippen LogP contribution in [0.1, 0.15) is 258 Å². The molecule has 10 heteroatoms. The molecule has 0 aromatic carbocycles. The van der Waals surface area contributed by atoms with Gasteiger partial charge in [-0.2, -0.15) is 0 Å². The second kappa shape index (κ2) is 66.8. The van der Waals surface area contributed by atoms with Gasteiger partial charge in [0.15, 0.2) is 6.10 Å². The number of allylic oxidation sites excluding steroid dienone is 26. The predicted octanol–water partition coefficient (Wildman–Crippen LogP) is 21.6. The van der Waals surface area contributed by atoms with Crippen LogP contribution in [0.2, 0.25) is 0 Å². The molecule has 0 spiro atoms. The van der Waals surface area contributed by atoms with E-state index in [1.165, 1.54) is 89.9 Å². The Hall–Kier alpha value is -4.37. The second-order valence-corrected chi connectivity index (χ2v) is 22.7. The van der Waals surface area contributed by atoms with Gasteiger partial charge in [-0.05, 0) is 122 Å². The van der Waals surface area contributed by atoms with Crippen LogP contribution in [0.25, 0.3) is 0 Å². The molecular weight excluding hydrogens is 1050 g/mol. The van der Waals surface area contributed by atoms with Gasteiger partial charge in [-0.15, -0.1) is 0 Å². The summed E-state index contributed by atoms with van der Waals surface area (Å²) < 4.78 is 33.1. The Labute approximate surface area is 509 Å². The van der Waals surface area contributed by atoms with Crippen LogP contribution in [0.5, 0.6) is 0 Å². The van der Waals surface area contributed by atoms with E-state index in [2.05, 4.69) is 172 Å². The highest BCUT2D eigenvalue weighted by atomic mass is 31.2. The smallest absolute Gasteiger partial charge is 0.462 e. The third-order valence-corrected chi connectivity index (χ3v) is 14.4. The normalized spacial score (nSPS) is 14.0. The average Bonchev–Trinajstić information content (AvgIpc) is 3.48. The first kappa shape index (κ1) is 78.6. The van der Waals surface area contributed by atoms with Gasteiger partial charge in [0.1, 0.15) is 6.61 Å². The number of unbranched alkanes of at least 4 members (excludes halogenated alkanes) is 21. The SMILES string of the molecule is CC/C=C\C/C=C\C/C=C\C/C=C\C/C=C\C/C=C\C/C=C\C/C=C\C/C=C\CCCCCCCCCC(=O)OC(COC(=O)CCCCCCCCCCCCCCCC/C=C\C/C=C\C/C=C\C/C=C\CC)COP(=O)(O)OCCN. The third-order valence-electron chi connectivity index (χ3n) is 13.4. The van der Waals surface area contributed by atoms with Crippen LogP contribution in [0.15, 0.2) is 158 Å². The number of hydrogen-bond donors (Lipinski definition) is 2. The topological polar surface area (TPSA) is 134 Å². The van der Waals surface area contributed by atoms with Crippen molar-refractivity contribution >= 4 is 19.8 Å². The van der Waals surface area contributed by atoms with Crippen LogP contribution < -0.4 is 5.73 Å². The van der Waals surface area contributed by atoms with E-state index in [0.29, 0.717) is 6.42 Å². The van der Waals surface area contributed by atoms with Crippen LogP contribution in [-0.2, 0) is 32.7 Å². The lowest BCUT2D eigenvalue weighted by Gasteiger charge is -2.19. The highest BCUT2D eigenvalue weighted by Gasteiger charge is 2.26. The summed E-state index contributed by atoms with van der Waals surface area (Å²) in [5.74, 6) is -0.847. The molecule has 0 aliphatic heterocycles. The molecule has 0 fully saturated rings. The number of hydrogen-bond acceptors (Lipinski definition) is 8. The van der Waals surface area contributed by atoms with Gasteiger partial charge in [0, 0.05) is 19.4 Å². The molecule has 0 rings (SSSR count). The Morgan fingerprint density at radius 1 is 0.361 bits per heavy atom. The highest BCUT2D eigenvalue weighted by molar-refractivity contribution is 7.47. The molecule has 0 aliphatic rings. The van der Waals surface area contributed by atoms with Crippen LogP contribution in [-0.4, -0.2) is 49.3 Å². The van der Waals surface area contributed by atoms with Gasteiger partial charge >= 0.3 is 19.8 Å². The third kappa shape index (κ3) is 66.6. The molecule has 3 N–H and O–H groups in total. The Balaban J connectivity index is 4.00. The van der Waals surface area contributed by atoms with Crippen molar-refractivity contribution in [2.24, 2.45) is 5.73 Å². The molecule has 0 radical (unpaired) electrons. The largest absolute Gasteiger partial charge is 0.472 e. The van der Waals surface area contributed by atoms with E-state index < -0.39 is 26.5 Å². The first-order valence-corrected chi connectivity index (χ1v) is 34.5. The van der Waals surface area contributed by atoms with Crippen molar-refractivity contribution in [3.63, 3.8) is 0 Å². The number of nitrogens with two attached hydrogens (primary N) is 1. The molecule has 0 saturated heterocycles. The predicted molar refractivity (Wildman–Crippen MR) is 357 cm³/mol. The van der Waals surface area contributed by atoms with Crippen molar-refractivity contribution in [3.8, 4) is 0 Å². The molecule has 0 aromatic rings. The zero-order chi connectivity index (χ0) is 60.1. The average molecular weight is 1170 g/mol. The van der Waals surface area contributed by atoms with E-state index >= 15 is 0 Å². The lowest BCUT2D eigenvalue weighted by atomic mass is 10.0. The molecule has 0 heterocycles. The molecule has 0 bridgehead atoms. The zero-order valence-corrected chi connectivity index (χ0v) is 53.5. The molecule has 9 nitrogen and oxygen atoms in total. The fourth-order valence-electron chi connectivity index (χ4n) is 8.62. The Morgan fingerprint density at radius 2 is 0.627 bits per heavy atom. The summed E-state index contributed by atoms with van der Waals surface area (Å²) in [5.41, 5.74) is 5.39. The minimum absolute atomic E-state index is 0.0438. The Morgan fingerprint density at radius 3 is 0.928 bits per heavy atom. The molecule has 0 amide bonds. The fraction of sp³-hybridized carbons (Fsp3) is 0.616.